The predicted molar refractivity (Wildman–Crippen MR) is 269 cm³/mol. The topological polar surface area (TPSA) is 228 Å². The zero-order valence-corrected chi connectivity index (χ0v) is 44.1. The number of hydrogen-bond donors (Lipinski definition) is 5. The van der Waals surface area contributed by atoms with Crippen molar-refractivity contribution in [3.8, 4) is 0 Å². The van der Waals surface area contributed by atoms with Crippen LogP contribution >= 0.6 is 0 Å². The second kappa shape index (κ2) is 25.6. The number of Topliss-reactive ketones (excluding diaryl/α,β-unsaturated/α-hetero) is 3. The largest absolute Gasteiger partial charge is 0.460 e. The van der Waals surface area contributed by atoms with Crippen LogP contribution in [0.3, 0.4) is 0 Å². The molecule has 1 aromatic rings. The van der Waals surface area contributed by atoms with Crippen molar-refractivity contribution in [1.29, 1.82) is 0 Å². The fraction of sp³-hybridized carbons (Fsp3) is 0.732. The van der Waals surface area contributed by atoms with Gasteiger partial charge in [-0.3, -0.25) is 19.2 Å². The van der Waals surface area contributed by atoms with Crippen LogP contribution in [0.5, 0.6) is 0 Å². The van der Waals surface area contributed by atoms with Crippen molar-refractivity contribution < 1.29 is 68.1 Å². The molecule has 1 saturated carbocycles. The van der Waals surface area contributed by atoms with Crippen molar-refractivity contribution in [3.63, 3.8) is 0 Å². The SMILES string of the molecule is CO[C@H]1C[C@@H]2CC[C@@H](C)[C@@](O)(O2)C(=O)C(=O)N2CCCC3[C@H]2C(=O)O[C@@H](CC(=O)[C@H](C)/C=C(\C)[C@@H](O)[C@@H](OC)C(=O)[C@H](C)C[C@H](C)[C@@H](Nc2ccccc2)CC[C@@H](O)C=C1C)[C@H]3C[C@@H]1CC[C@@H](O)[C@H](OC)C1. The quantitative estimate of drug-likeness (QED) is 0.122. The van der Waals surface area contributed by atoms with Crippen LogP contribution in [0.1, 0.15) is 125 Å². The van der Waals surface area contributed by atoms with E-state index in [4.69, 9.17) is 23.7 Å². The minimum absolute atomic E-state index is 0.0333. The van der Waals surface area contributed by atoms with Gasteiger partial charge in [-0.2, -0.15) is 0 Å². The van der Waals surface area contributed by atoms with Gasteiger partial charge in [0, 0.05) is 76.1 Å². The van der Waals surface area contributed by atoms with Crippen molar-refractivity contribution in [2.24, 2.45) is 41.4 Å². The first kappa shape index (κ1) is 57.4. The normalized spacial score (nSPS) is 40.5. The number of hydrogen-bond acceptors (Lipinski definition) is 15. The minimum Gasteiger partial charge on any atom is -0.460 e. The van der Waals surface area contributed by atoms with Gasteiger partial charge in [-0.25, -0.2) is 4.79 Å². The maximum absolute atomic E-state index is 14.6. The van der Waals surface area contributed by atoms with E-state index in [2.05, 4.69) is 12.2 Å². The number of carbonyl (C=O) groups is 5. The highest BCUT2D eigenvalue weighted by Crippen LogP contribution is 2.45. The van der Waals surface area contributed by atoms with Gasteiger partial charge in [0.25, 0.3) is 11.7 Å². The number of aliphatic hydroxyl groups excluding tert-OH is 3. The number of methoxy groups -OCH3 is 3. The summed E-state index contributed by atoms with van der Waals surface area (Å²) in [6.45, 7) is 10.8. The van der Waals surface area contributed by atoms with E-state index in [1.165, 1.54) is 19.1 Å². The van der Waals surface area contributed by atoms with Crippen molar-refractivity contribution in [2.45, 2.75) is 192 Å². The first-order valence-electron chi connectivity index (χ1n) is 26.5. The summed E-state index contributed by atoms with van der Waals surface area (Å²) in [4.78, 5) is 73.1. The molecule has 72 heavy (non-hydrogen) atoms. The highest BCUT2D eigenvalue weighted by Gasteiger charge is 2.57. The third kappa shape index (κ3) is 13.5. The van der Waals surface area contributed by atoms with Gasteiger partial charge in [0.05, 0.1) is 30.5 Å². The van der Waals surface area contributed by atoms with E-state index in [0.717, 1.165) is 11.3 Å². The van der Waals surface area contributed by atoms with Crippen molar-refractivity contribution in [1.82, 2.24) is 4.90 Å². The fourth-order valence-electron chi connectivity index (χ4n) is 12.5. The molecular weight excluding hydrogens is 925 g/mol. The number of esters is 1. The highest BCUT2D eigenvalue weighted by atomic mass is 16.6. The molecule has 1 amide bonds. The number of allylic oxidation sites excluding steroid dienone is 1. The Hall–Kier alpha value is -3.87. The van der Waals surface area contributed by atoms with Gasteiger partial charge in [0.15, 0.2) is 5.78 Å². The molecule has 0 spiro atoms. The lowest BCUT2D eigenvalue weighted by atomic mass is 9.68. The average molecular weight is 1010 g/mol. The second-order valence-corrected chi connectivity index (χ2v) is 22.0. The Kier molecular flexibility index (Phi) is 20.4. The second-order valence-electron chi connectivity index (χ2n) is 22.0. The molecular formula is C56H84N2O14. The molecule has 6 aliphatic rings. The summed E-state index contributed by atoms with van der Waals surface area (Å²) in [5, 5.41) is 49.6. The standard InChI is InChI=1S/C56H84N2O14/c1-31-24-34(4)50(62)52(70-9)51(63)35(5)25-32(2)45(61)30-47-42(27-37-18-22-44(60)48(28-37)69-8)41-16-13-23-58(49(41)55(66)71-47)54(65)53(64)56(67)36(6)17-20-40(72-56)29-46(68-7)33(3)26-39(59)19-21-43(31)57-38-14-11-10-12-15-38/h10-12,14-15,25-26,31-32,34,36-37,39-44,46-49,51-52,57,59-60,63,67H,13,16-24,27-30H2,1-9H3/b33-26?,35-25+/t31-,32+,34+,36+,37-,39+,40-,41?,42-,43-,44+,46-,47-,48+,49-,51+,52-,56+/m0/s1. The van der Waals surface area contributed by atoms with Crippen LogP contribution in [0.2, 0.25) is 0 Å². The first-order chi connectivity index (χ1) is 34.2. The molecule has 4 fully saturated rings. The van der Waals surface area contributed by atoms with Crippen LogP contribution in [0.15, 0.2) is 53.6 Å². The molecule has 6 bridgehead atoms. The first-order valence-corrected chi connectivity index (χ1v) is 26.5. The van der Waals surface area contributed by atoms with Gasteiger partial charge in [-0.1, -0.05) is 58.0 Å². The molecule has 1 aliphatic carbocycles. The number of nitrogens with one attached hydrogen (secondary N) is 1. The molecule has 7 rings (SSSR count). The Morgan fingerprint density at radius 2 is 1.53 bits per heavy atom. The molecule has 1 aromatic carbocycles. The van der Waals surface area contributed by atoms with Crippen LogP contribution in [-0.2, 0) is 47.7 Å². The number of piperidine rings is 1. The van der Waals surface area contributed by atoms with Crippen LogP contribution < -0.4 is 5.32 Å². The van der Waals surface area contributed by atoms with E-state index >= 15 is 0 Å². The van der Waals surface area contributed by atoms with Gasteiger partial charge in [-0.15, -0.1) is 0 Å². The van der Waals surface area contributed by atoms with Gasteiger partial charge in [0.1, 0.15) is 30.1 Å². The number of anilines is 1. The molecule has 0 radical (unpaired) electrons. The van der Waals surface area contributed by atoms with Gasteiger partial charge in [-0.05, 0) is 126 Å². The number of carbonyl (C=O) groups excluding carboxylic acids is 5. The number of ketones is 3. The molecule has 16 nitrogen and oxygen atoms in total. The molecule has 402 valence electrons. The number of para-hydroxylation sites is 1. The summed E-state index contributed by atoms with van der Waals surface area (Å²) in [6.07, 6.45) is 2.18. The lowest BCUT2D eigenvalue weighted by Crippen LogP contribution is -2.65. The van der Waals surface area contributed by atoms with Gasteiger partial charge >= 0.3 is 5.97 Å². The Labute approximate surface area is 426 Å². The van der Waals surface area contributed by atoms with Gasteiger partial charge < -0.3 is 54.3 Å². The molecule has 5 aliphatic heterocycles. The summed E-state index contributed by atoms with van der Waals surface area (Å²) in [6, 6.07) is 8.39. The predicted octanol–water partition coefficient (Wildman–Crippen LogP) is 5.91. The van der Waals surface area contributed by atoms with Crippen LogP contribution in [0.4, 0.5) is 5.69 Å². The molecule has 16 heteroatoms. The summed E-state index contributed by atoms with van der Waals surface area (Å²) in [5.41, 5.74) is 1.98. The lowest BCUT2D eigenvalue weighted by Gasteiger charge is -2.50. The summed E-state index contributed by atoms with van der Waals surface area (Å²) >= 11 is 0. The third-order valence-electron chi connectivity index (χ3n) is 16.9. The number of rotatable bonds is 7. The number of nitrogens with zero attached hydrogens (tertiary/aromatic N) is 1. The zero-order chi connectivity index (χ0) is 52.6. The maximum atomic E-state index is 14.6. The Bertz CT molecular complexity index is 2080. The number of ether oxygens (including phenoxy) is 5. The highest BCUT2D eigenvalue weighted by molar-refractivity contribution is 6.39. The Morgan fingerprint density at radius 1 is 0.806 bits per heavy atom. The summed E-state index contributed by atoms with van der Waals surface area (Å²) in [7, 11) is 4.48. The van der Waals surface area contributed by atoms with E-state index in [1.807, 2.05) is 44.2 Å². The summed E-state index contributed by atoms with van der Waals surface area (Å²) in [5.74, 6) is -8.98. The van der Waals surface area contributed by atoms with Crippen molar-refractivity contribution in [3.05, 3.63) is 53.6 Å². The maximum Gasteiger partial charge on any atom is 0.329 e. The molecule has 5 N–H and O–H groups in total. The smallest absolute Gasteiger partial charge is 0.329 e. The molecule has 3 saturated heterocycles. The third-order valence-corrected chi connectivity index (χ3v) is 16.9. The van der Waals surface area contributed by atoms with Crippen molar-refractivity contribution >= 4 is 34.9 Å². The Balaban J connectivity index is 1.34. The summed E-state index contributed by atoms with van der Waals surface area (Å²) < 4.78 is 29.7. The van der Waals surface area contributed by atoms with E-state index in [9.17, 15) is 44.4 Å². The number of aliphatic hydroxyl groups is 4. The number of benzene rings is 1. The van der Waals surface area contributed by atoms with Gasteiger partial charge in [0.2, 0.25) is 5.79 Å². The Morgan fingerprint density at radius 3 is 2.21 bits per heavy atom. The molecule has 0 aromatic heterocycles. The average Bonchev–Trinajstić information content (AvgIpc) is 3.36. The van der Waals surface area contributed by atoms with E-state index < -0.39 is 108 Å². The molecule has 1 unspecified atom stereocenters. The van der Waals surface area contributed by atoms with E-state index in [1.54, 1.807) is 40.0 Å². The zero-order valence-electron chi connectivity index (χ0n) is 44.1. The van der Waals surface area contributed by atoms with E-state index in [0.29, 0.717) is 76.2 Å². The molecule has 5 heterocycles. The van der Waals surface area contributed by atoms with Crippen LogP contribution in [0, 0.1) is 41.4 Å². The fourth-order valence-corrected chi connectivity index (χ4v) is 12.5. The van der Waals surface area contributed by atoms with Crippen LogP contribution in [0.25, 0.3) is 0 Å². The monoisotopic (exact) mass is 1010 g/mol. The van der Waals surface area contributed by atoms with Crippen molar-refractivity contribution in [2.75, 3.05) is 33.2 Å². The van der Waals surface area contributed by atoms with E-state index in [-0.39, 0.29) is 48.8 Å². The number of fused-ring (bicyclic) bond motifs is 18. The number of amides is 1. The minimum atomic E-state index is -2.49. The van der Waals surface area contributed by atoms with Crippen LogP contribution in [-0.4, -0.2) is 149 Å². The molecule has 18 atom stereocenters. The lowest BCUT2D eigenvalue weighted by molar-refractivity contribution is -0.266.